The monoisotopic (exact) mass is 149 g/mol. The molecular formula is C7H7N3O. The molecule has 4 heteroatoms. The van der Waals surface area contributed by atoms with Crippen LogP contribution >= 0.6 is 0 Å². The summed E-state index contributed by atoms with van der Waals surface area (Å²) >= 11 is 0. The van der Waals surface area contributed by atoms with Gasteiger partial charge in [-0.2, -0.15) is 5.26 Å². The van der Waals surface area contributed by atoms with Gasteiger partial charge in [0.15, 0.2) is 0 Å². The third-order valence-corrected chi connectivity index (χ3v) is 1.17. The van der Waals surface area contributed by atoms with Crippen molar-refractivity contribution in [3.8, 4) is 6.07 Å². The van der Waals surface area contributed by atoms with Crippen molar-refractivity contribution >= 4 is 0 Å². The van der Waals surface area contributed by atoms with E-state index in [9.17, 15) is 4.79 Å². The number of rotatable bonds is 1. The first-order valence-corrected chi connectivity index (χ1v) is 3.16. The molecule has 56 valence electrons. The zero-order valence-electron chi connectivity index (χ0n) is 6.09. The molecule has 0 radical (unpaired) electrons. The van der Waals surface area contributed by atoms with E-state index >= 15 is 0 Å². The highest BCUT2D eigenvalue weighted by Crippen LogP contribution is 1.88. The molecule has 0 fully saturated rings. The maximum atomic E-state index is 10.8. The Morgan fingerprint density at radius 1 is 1.82 bits per heavy atom. The Morgan fingerprint density at radius 3 is 3.09 bits per heavy atom. The van der Waals surface area contributed by atoms with Crippen LogP contribution in [0.2, 0.25) is 0 Å². The molecule has 0 aliphatic heterocycles. The summed E-state index contributed by atoms with van der Waals surface area (Å²) < 4.78 is 0. The Kier molecular flexibility index (Phi) is 2.02. The second-order valence-corrected chi connectivity index (χ2v) is 2.17. The largest absolute Gasteiger partial charge is 0.310 e. The average molecular weight is 149 g/mol. The molecule has 1 N–H and O–H groups in total. The molecule has 0 aliphatic rings. The second-order valence-electron chi connectivity index (χ2n) is 2.17. The van der Waals surface area contributed by atoms with Crippen LogP contribution in [0.25, 0.3) is 0 Å². The van der Waals surface area contributed by atoms with Crippen molar-refractivity contribution in [2.75, 3.05) is 0 Å². The number of nitrogens with zero attached hydrogens (tertiary/aromatic N) is 2. The van der Waals surface area contributed by atoms with Crippen LogP contribution in [0, 0.1) is 18.3 Å². The van der Waals surface area contributed by atoms with Gasteiger partial charge < -0.3 is 4.98 Å². The average Bonchev–Trinajstić information content (AvgIpc) is 1.85. The van der Waals surface area contributed by atoms with E-state index in [1.165, 1.54) is 6.07 Å². The molecule has 0 unspecified atom stereocenters. The lowest BCUT2D eigenvalue weighted by Crippen LogP contribution is -2.10. The van der Waals surface area contributed by atoms with Crippen molar-refractivity contribution < 1.29 is 0 Å². The van der Waals surface area contributed by atoms with Gasteiger partial charge in [-0.05, 0) is 6.92 Å². The fourth-order valence-corrected chi connectivity index (χ4v) is 0.800. The molecule has 0 aliphatic carbocycles. The van der Waals surface area contributed by atoms with Gasteiger partial charge in [0.25, 0.3) is 5.56 Å². The lowest BCUT2D eigenvalue weighted by Gasteiger charge is -1.93. The Bertz CT molecular complexity index is 347. The summed E-state index contributed by atoms with van der Waals surface area (Å²) in [5.74, 6) is 0.428. The minimum Gasteiger partial charge on any atom is -0.310 e. The number of hydrogen-bond donors (Lipinski definition) is 1. The maximum Gasteiger partial charge on any atom is 0.251 e. The van der Waals surface area contributed by atoms with Gasteiger partial charge >= 0.3 is 0 Å². The first-order valence-electron chi connectivity index (χ1n) is 3.16. The van der Waals surface area contributed by atoms with E-state index in [0.29, 0.717) is 11.5 Å². The first-order chi connectivity index (χ1) is 5.22. The highest BCUT2D eigenvalue weighted by atomic mass is 16.1. The fraction of sp³-hybridized carbons (Fsp3) is 0.286. The van der Waals surface area contributed by atoms with E-state index in [-0.39, 0.29) is 12.0 Å². The minimum atomic E-state index is -0.206. The molecule has 0 amide bonds. The predicted molar refractivity (Wildman–Crippen MR) is 38.9 cm³/mol. The quantitative estimate of drug-likeness (QED) is 0.617. The SMILES string of the molecule is Cc1cc(=O)[nH]c(CC#N)n1. The lowest BCUT2D eigenvalue weighted by atomic mass is 10.4. The van der Waals surface area contributed by atoms with Crippen molar-refractivity contribution in [1.29, 1.82) is 5.26 Å². The third-order valence-electron chi connectivity index (χ3n) is 1.17. The molecule has 11 heavy (non-hydrogen) atoms. The molecule has 1 aromatic heterocycles. The summed E-state index contributed by atoms with van der Waals surface area (Å²) in [5, 5.41) is 8.29. The van der Waals surface area contributed by atoms with Crippen molar-refractivity contribution in [2.45, 2.75) is 13.3 Å². The Balaban J connectivity index is 3.11. The van der Waals surface area contributed by atoms with E-state index in [4.69, 9.17) is 5.26 Å². The zero-order valence-corrected chi connectivity index (χ0v) is 6.09. The highest BCUT2D eigenvalue weighted by molar-refractivity contribution is 5.03. The van der Waals surface area contributed by atoms with E-state index in [1.54, 1.807) is 6.92 Å². The molecule has 1 heterocycles. The molecule has 0 aromatic carbocycles. The highest BCUT2D eigenvalue weighted by Gasteiger charge is 1.95. The van der Waals surface area contributed by atoms with Crippen LogP contribution in [0.4, 0.5) is 0 Å². The van der Waals surface area contributed by atoms with Gasteiger partial charge in [-0.1, -0.05) is 0 Å². The van der Waals surface area contributed by atoms with Gasteiger partial charge in [0, 0.05) is 11.8 Å². The zero-order chi connectivity index (χ0) is 8.27. The minimum absolute atomic E-state index is 0.150. The van der Waals surface area contributed by atoms with Crippen LogP contribution < -0.4 is 5.56 Å². The third kappa shape index (κ3) is 1.90. The van der Waals surface area contributed by atoms with Crippen LogP contribution in [-0.4, -0.2) is 9.97 Å². The first kappa shape index (κ1) is 7.48. The summed E-state index contributed by atoms with van der Waals surface area (Å²) in [5.41, 5.74) is 0.432. The summed E-state index contributed by atoms with van der Waals surface area (Å²) in [6.45, 7) is 1.72. The topological polar surface area (TPSA) is 69.5 Å². The predicted octanol–water partition coefficient (Wildman–Crippen LogP) is 0.144. The molecular weight excluding hydrogens is 142 g/mol. The van der Waals surface area contributed by atoms with Gasteiger partial charge in [-0.3, -0.25) is 4.79 Å². The van der Waals surface area contributed by atoms with Crippen LogP contribution in [0.5, 0.6) is 0 Å². The van der Waals surface area contributed by atoms with E-state index in [0.717, 1.165) is 0 Å². The van der Waals surface area contributed by atoms with Crippen molar-refractivity contribution in [3.05, 3.63) is 27.9 Å². The van der Waals surface area contributed by atoms with Crippen molar-refractivity contribution in [2.24, 2.45) is 0 Å². The van der Waals surface area contributed by atoms with Gasteiger partial charge in [-0.15, -0.1) is 0 Å². The summed E-state index contributed by atoms with van der Waals surface area (Å²) in [4.78, 5) is 17.2. The van der Waals surface area contributed by atoms with E-state index in [2.05, 4.69) is 9.97 Å². The van der Waals surface area contributed by atoms with Crippen LogP contribution in [0.1, 0.15) is 11.5 Å². The smallest absolute Gasteiger partial charge is 0.251 e. The Morgan fingerprint density at radius 2 is 2.55 bits per heavy atom. The van der Waals surface area contributed by atoms with Crippen LogP contribution in [-0.2, 0) is 6.42 Å². The van der Waals surface area contributed by atoms with Gasteiger partial charge in [0.05, 0.1) is 12.5 Å². The summed E-state index contributed by atoms with van der Waals surface area (Å²) in [7, 11) is 0. The number of aromatic amines is 1. The Labute approximate surface area is 63.5 Å². The Hall–Kier alpha value is -1.63. The van der Waals surface area contributed by atoms with Crippen molar-refractivity contribution in [3.63, 3.8) is 0 Å². The molecule has 0 saturated carbocycles. The number of aromatic nitrogens is 2. The molecule has 1 rings (SSSR count). The molecule has 0 bridgehead atoms. The summed E-state index contributed by atoms with van der Waals surface area (Å²) in [6.07, 6.45) is 0.150. The van der Waals surface area contributed by atoms with Gasteiger partial charge in [-0.25, -0.2) is 4.98 Å². The number of nitriles is 1. The molecule has 1 aromatic rings. The number of hydrogen-bond acceptors (Lipinski definition) is 3. The molecule has 0 saturated heterocycles. The maximum absolute atomic E-state index is 10.8. The molecule has 4 nitrogen and oxygen atoms in total. The van der Waals surface area contributed by atoms with E-state index in [1.807, 2.05) is 6.07 Å². The van der Waals surface area contributed by atoms with Crippen molar-refractivity contribution in [1.82, 2.24) is 9.97 Å². The normalized spacial score (nSPS) is 9.09. The second kappa shape index (κ2) is 2.97. The summed E-state index contributed by atoms with van der Waals surface area (Å²) in [6, 6.07) is 3.30. The number of nitrogens with one attached hydrogen (secondary N) is 1. The van der Waals surface area contributed by atoms with Gasteiger partial charge in [0.2, 0.25) is 0 Å². The van der Waals surface area contributed by atoms with Crippen LogP contribution in [0.15, 0.2) is 10.9 Å². The number of H-pyrrole nitrogens is 1. The number of aryl methyl sites for hydroxylation is 1. The van der Waals surface area contributed by atoms with Crippen LogP contribution in [0.3, 0.4) is 0 Å². The molecule has 0 spiro atoms. The molecule has 0 atom stereocenters. The fourth-order valence-electron chi connectivity index (χ4n) is 0.800. The lowest BCUT2D eigenvalue weighted by molar-refractivity contribution is 0.940. The van der Waals surface area contributed by atoms with Gasteiger partial charge in [0.1, 0.15) is 5.82 Å². The standard InChI is InChI=1S/C7H7N3O/c1-5-4-7(11)10-6(9-5)2-3-8/h4H,2H2,1H3,(H,9,10,11). The van der Waals surface area contributed by atoms with E-state index < -0.39 is 0 Å².